The third-order valence-electron chi connectivity index (χ3n) is 5.06. The number of methoxy groups -OCH3 is 2. The van der Waals surface area contributed by atoms with Gasteiger partial charge in [-0.1, -0.05) is 43.4 Å². The molecule has 0 N–H and O–H groups in total. The van der Waals surface area contributed by atoms with Crippen LogP contribution in [-0.4, -0.2) is 25.1 Å². The Morgan fingerprint density at radius 3 is 2.58 bits per heavy atom. The summed E-state index contributed by atoms with van der Waals surface area (Å²) < 4.78 is 17.5. The van der Waals surface area contributed by atoms with Crippen LogP contribution in [0.15, 0.2) is 59.2 Å². The van der Waals surface area contributed by atoms with Crippen molar-refractivity contribution in [3.05, 3.63) is 71.7 Å². The van der Waals surface area contributed by atoms with Crippen molar-refractivity contribution in [1.82, 2.24) is 4.98 Å². The van der Waals surface area contributed by atoms with Crippen molar-refractivity contribution in [1.29, 1.82) is 0 Å². The van der Waals surface area contributed by atoms with E-state index in [1.54, 1.807) is 42.5 Å². The zero-order chi connectivity index (χ0) is 22.0. The van der Waals surface area contributed by atoms with E-state index in [1.807, 2.05) is 18.2 Å². The topological polar surface area (TPSA) is 64.8 Å². The van der Waals surface area contributed by atoms with Crippen molar-refractivity contribution in [2.24, 2.45) is 0 Å². The molecule has 4 rings (SSSR count). The third kappa shape index (κ3) is 4.01. The Labute approximate surface area is 185 Å². The summed E-state index contributed by atoms with van der Waals surface area (Å²) >= 11 is 1.49. The fourth-order valence-corrected chi connectivity index (χ4v) is 4.52. The first kappa shape index (κ1) is 20.9. The number of hydrogen-bond acceptors (Lipinski definition) is 6. The number of fused-ring (bicyclic) bond motifs is 1. The Morgan fingerprint density at radius 2 is 1.90 bits per heavy atom. The number of nitrogens with zero attached hydrogens (tertiary/aromatic N) is 2. The molecular formula is C24H24N2O4S. The molecule has 7 heteroatoms. The number of thiazole rings is 1. The molecule has 1 amide bonds. The van der Waals surface area contributed by atoms with E-state index in [0.717, 1.165) is 15.8 Å². The minimum Gasteiger partial charge on any atom is -0.493 e. The number of furan rings is 1. The molecule has 0 aliphatic carbocycles. The maximum atomic E-state index is 13.7. The number of amides is 1. The van der Waals surface area contributed by atoms with Gasteiger partial charge in [0.25, 0.3) is 5.91 Å². The highest BCUT2D eigenvalue weighted by molar-refractivity contribution is 7.22. The fourth-order valence-electron chi connectivity index (χ4n) is 3.53. The van der Waals surface area contributed by atoms with Crippen LogP contribution < -0.4 is 14.4 Å². The Hall–Kier alpha value is -3.32. The minimum absolute atomic E-state index is 0.239. The molecule has 2 aromatic carbocycles. The van der Waals surface area contributed by atoms with Crippen LogP contribution in [0.5, 0.6) is 11.5 Å². The van der Waals surface area contributed by atoms with E-state index in [2.05, 4.69) is 19.9 Å². The van der Waals surface area contributed by atoms with Gasteiger partial charge in [0.1, 0.15) is 5.76 Å². The molecule has 0 aliphatic rings. The zero-order valence-electron chi connectivity index (χ0n) is 17.9. The second-order valence-electron chi connectivity index (χ2n) is 7.36. The van der Waals surface area contributed by atoms with Crippen LogP contribution in [-0.2, 0) is 6.54 Å². The molecule has 4 aromatic rings. The number of aromatic nitrogens is 1. The average molecular weight is 437 g/mol. The number of carbonyl (C=O) groups excluding carboxylic acids is 1. The van der Waals surface area contributed by atoms with Gasteiger partial charge in [0.15, 0.2) is 16.6 Å². The van der Waals surface area contributed by atoms with E-state index in [-0.39, 0.29) is 12.5 Å². The molecule has 0 saturated carbocycles. The van der Waals surface area contributed by atoms with Crippen molar-refractivity contribution in [3.8, 4) is 11.5 Å². The van der Waals surface area contributed by atoms with Crippen molar-refractivity contribution in [3.63, 3.8) is 0 Å². The molecule has 6 nitrogen and oxygen atoms in total. The van der Waals surface area contributed by atoms with Crippen LogP contribution in [0.1, 0.15) is 41.4 Å². The van der Waals surface area contributed by atoms with Gasteiger partial charge in [-0.15, -0.1) is 0 Å². The molecule has 0 aliphatic heterocycles. The van der Waals surface area contributed by atoms with E-state index in [4.69, 9.17) is 18.9 Å². The Morgan fingerprint density at radius 1 is 1.10 bits per heavy atom. The van der Waals surface area contributed by atoms with E-state index < -0.39 is 0 Å². The number of para-hydroxylation sites is 2. The monoisotopic (exact) mass is 436 g/mol. The molecule has 0 fully saturated rings. The summed E-state index contributed by atoms with van der Waals surface area (Å²) in [6, 6.07) is 15.1. The van der Waals surface area contributed by atoms with Gasteiger partial charge in [0.2, 0.25) is 0 Å². The maximum absolute atomic E-state index is 13.7. The first-order valence-corrected chi connectivity index (χ1v) is 10.8. The fraction of sp³-hybridized carbons (Fsp3) is 0.250. The lowest BCUT2D eigenvalue weighted by Gasteiger charge is -2.21. The van der Waals surface area contributed by atoms with Crippen molar-refractivity contribution in [2.45, 2.75) is 26.3 Å². The predicted octanol–water partition coefficient (Wildman–Crippen LogP) is 5.88. The summed E-state index contributed by atoms with van der Waals surface area (Å²) in [5.74, 6) is 1.64. The molecule has 31 heavy (non-hydrogen) atoms. The van der Waals surface area contributed by atoms with E-state index in [0.29, 0.717) is 33.9 Å². The number of benzene rings is 2. The Balaban J connectivity index is 1.83. The number of ether oxygens (including phenoxy) is 2. The van der Waals surface area contributed by atoms with Crippen molar-refractivity contribution in [2.75, 3.05) is 19.1 Å². The summed E-state index contributed by atoms with van der Waals surface area (Å²) in [4.78, 5) is 20.2. The van der Waals surface area contributed by atoms with E-state index >= 15 is 0 Å². The number of anilines is 1. The van der Waals surface area contributed by atoms with Crippen molar-refractivity contribution < 1.29 is 18.7 Å². The van der Waals surface area contributed by atoms with Gasteiger partial charge in [-0.05, 0) is 41.8 Å². The summed E-state index contributed by atoms with van der Waals surface area (Å²) in [5.41, 5.74) is 2.48. The van der Waals surface area contributed by atoms with Gasteiger partial charge in [-0.25, -0.2) is 4.98 Å². The first-order chi connectivity index (χ1) is 15.0. The molecule has 0 unspecified atom stereocenters. The quantitative estimate of drug-likeness (QED) is 0.362. The first-order valence-electron chi connectivity index (χ1n) is 9.98. The van der Waals surface area contributed by atoms with Crippen LogP contribution in [0.2, 0.25) is 0 Å². The Kier molecular flexibility index (Phi) is 5.95. The lowest BCUT2D eigenvalue weighted by Crippen LogP contribution is -2.30. The zero-order valence-corrected chi connectivity index (χ0v) is 18.7. The highest BCUT2D eigenvalue weighted by Gasteiger charge is 2.27. The summed E-state index contributed by atoms with van der Waals surface area (Å²) in [6.45, 7) is 4.53. The third-order valence-corrected chi connectivity index (χ3v) is 6.11. The van der Waals surface area contributed by atoms with E-state index in [1.165, 1.54) is 18.4 Å². The second-order valence-corrected chi connectivity index (χ2v) is 8.37. The van der Waals surface area contributed by atoms with Crippen LogP contribution in [0.3, 0.4) is 0 Å². The van der Waals surface area contributed by atoms with Crippen LogP contribution in [0.4, 0.5) is 5.13 Å². The van der Waals surface area contributed by atoms with Gasteiger partial charge >= 0.3 is 0 Å². The lowest BCUT2D eigenvalue weighted by atomic mass is 10.0. The standard InChI is InChI=1S/C24H24N2O4S/c1-15(2)17-9-6-12-20-21(17)25-24(31-20)26(14-16-8-7-13-30-16)23(27)18-10-5-11-19(28-3)22(18)29-4/h5-13,15H,14H2,1-4H3. The molecule has 0 bridgehead atoms. The molecule has 2 aromatic heterocycles. The molecular weight excluding hydrogens is 412 g/mol. The number of rotatable bonds is 7. The van der Waals surface area contributed by atoms with Crippen molar-refractivity contribution >= 4 is 32.6 Å². The average Bonchev–Trinajstić information content (AvgIpc) is 3.45. The van der Waals surface area contributed by atoms with Crippen LogP contribution in [0.25, 0.3) is 10.2 Å². The van der Waals surface area contributed by atoms with Crippen LogP contribution in [0, 0.1) is 0 Å². The SMILES string of the molecule is COc1cccc(C(=O)N(Cc2ccco2)c2nc3c(C(C)C)cccc3s2)c1OC. The molecule has 0 atom stereocenters. The lowest BCUT2D eigenvalue weighted by molar-refractivity contribution is 0.0979. The highest BCUT2D eigenvalue weighted by Crippen LogP contribution is 2.37. The van der Waals surface area contributed by atoms with Gasteiger partial charge in [0.05, 0.1) is 42.8 Å². The van der Waals surface area contributed by atoms with Gasteiger partial charge in [-0.2, -0.15) is 0 Å². The smallest absolute Gasteiger partial charge is 0.264 e. The molecule has 2 heterocycles. The largest absolute Gasteiger partial charge is 0.493 e. The number of hydrogen-bond donors (Lipinski definition) is 0. The summed E-state index contributed by atoms with van der Waals surface area (Å²) in [7, 11) is 3.08. The molecule has 160 valence electrons. The highest BCUT2D eigenvalue weighted by atomic mass is 32.1. The van der Waals surface area contributed by atoms with E-state index in [9.17, 15) is 4.79 Å². The number of carbonyl (C=O) groups is 1. The summed E-state index contributed by atoms with van der Waals surface area (Å²) in [5, 5.41) is 0.606. The van der Waals surface area contributed by atoms with Crippen LogP contribution >= 0.6 is 11.3 Å². The maximum Gasteiger partial charge on any atom is 0.264 e. The predicted molar refractivity (Wildman–Crippen MR) is 122 cm³/mol. The Bertz CT molecular complexity index is 1200. The van der Waals surface area contributed by atoms with Gasteiger partial charge in [-0.3, -0.25) is 9.69 Å². The second kappa shape index (κ2) is 8.81. The van der Waals surface area contributed by atoms with Gasteiger partial charge < -0.3 is 13.9 Å². The molecule has 0 radical (unpaired) electrons. The normalized spacial score (nSPS) is 11.1. The summed E-state index contributed by atoms with van der Waals surface area (Å²) in [6.07, 6.45) is 1.60. The van der Waals surface area contributed by atoms with Gasteiger partial charge in [0, 0.05) is 0 Å². The minimum atomic E-state index is -0.239. The molecule has 0 saturated heterocycles. The molecule has 0 spiro atoms.